The topological polar surface area (TPSA) is 35.5 Å². The first kappa shape index (κ1) is 10.9. The van der Waals surface area contributed by atoms with Crippen LogP contribution in [0.2, 0.25) is 0 Å². The second-order valence-electron chi connectivity index (χ2n) is 2.34. The predicted octanol–water partition coefficient (Wildman–Crippen LogP) is 2.82. The average molecular weight is 215 g/mol. The van der Waals surface area contributed by atoms with E-state index < -0.39 is 5.24 Å². The van der Waals surface area contributed by atoms with E-state index in [1.54, 1.807) is 18.2 Å². The van der Waals surface area contributed by atoms with Crippen molar-refractivity contribution in [1.82, 2.24) is 0 Å². The highest BCUT2D eigenvalue weighted by Gasteiger charge is 2.14. The summed E-state index contributed by atoms with van der Waals surface area (Å²) in [5.41, 5.74) is 0.418. The van der Waals surface area contributed by atoms with Crippen LogP contribution in [0.5, 0.6) is 11.5 Å². The minimum atomic E-state index is -0.492. The van der Waals surface area contributed by atoms with E-state index in [0.29, 0.717) is 17.1 Å². The molecule has 0 aromatic heterocycles. The Hall–Kier alpha value is -1.22. The van der Waals surface area contributed by atoms with Crippen LogP contribution in [-0.2, 0) is 0 Å². The number of rotatable bonds is 1. The third-order valence-electron chi connectivity index (χ3n) is 1.60. The van der Waals surface area contributed by atoms with Crippen LogP contribution in [0.15, 0.2) is 18.2 Å². The largest absolute Gasteiger partial charge is 0.454 e. The van der Waals surface area contributed by atoms with Gasteiger partial charge in [0.2, 0.25) is 6.79 Å². The van der Waals surface area contributed by atoms with Gasteiger partial charge in [-0.1, -0.05) is 13.8 Å². The van der Waals surface area contributed by atoms with Gasteiger partial charge in [-0.15, -0.1) is 0 Å². The molecule has 14 heavy (non-hydrogen) atoms. The summed E-state index contributed by atoms with van der Waals surface area (Å²) in [6, 6.07) is 4.83. The summed E-state index contributed by atoms with van der Waals surface area (Å²) in [7, 11) is 0. The zero-order valence-corrected chi connectivity index (χ0v) is 8.80. The molecule has 1 aliphatic rings. The highest BCUT2D eigenvalue weighted by molar-refractivity contribution is 6.67. The Kier molecular flexibility index (Phi) is 3.77. The number of ether oxygens (including phenoxy) is 2. The van der Waals surface area contributed by atoms with Crippen molar-refractivity contribution in [3.8, 4) is 11.5 Å². The lowest BCUT2D eigenvalue weighted by Crippen LogP contribution is -1.93. The maximum absolute atomic E-state index is 10.7. The molecule has 0 radical (unpaired) electrons. The van der Waals surface area contributed by atoms with Gasteiger partial charge < -0.3 is 9.47 Å². The predicted molar refractivity (Wildman–Crippen MR) is 54.1 cm³/mol. The maximum Gasteiger partial charge on any atom is 0.252 e. The number of benzene rings is 1. The maximum atomic E-state index is 10.7. The van der Waals surface area contributed by atoms with Gasteiger partial charge in [0.05, 0.1) is 0 Å². The summed E-state index contributed by atoms with van der Waals surface area (Å²) < 4.78 is 10.1. The SMILES string of the molecule is CC.O=C(Cl)c1ccc2c(c1)OCO2. The van der Waals surface area contributed by atoms with Crippen molar-refractivity contribution in [2.45, 2.75) is 13.8 Å². The highest BCUT2D eigenvalue weighted by atomic mass is 35.5. The Balaban J connectivity index is 0.000000461. The fraction of sp³-hybridized carbons (Fsp3) is 0.300. The summed E-state index contributed by atoms with van der Waals surface area (Å²) >= 11 is 5.27. The molecule has 3 nitrogen and oxygen atoms in total. The van der Waals surface area contributed by atoms with E-state index in [0.717, 1.165) is 0 Å². The second-order valence-corrected chi connectivity index (χ2v) is 2.69. The van der Waals surface area contributed by atoms with Gasteiger partial charge in [-0.25, -0.2) is 0 Å². The third-order valence-corrected chi connectivity index (χ3v) is 1.82. The van der Waals surface area contributed by atoms with Crippen molar-refractivity contribution in [1.29, 1.82) is 0 Å². The number of hydrogen-bond donors (Lipinski definition) is 0. The average Bonchev–Trinajstić information content (AvgIpc) is 2.67. The molecule has 4 heteroatoms. The van der Waals surface area contributed by atoms with Gasteiger partial charge in [0.1, 0.15) is 0 Å². The lowest BCUT2D eigenvalue weighted by Gasteiger charge is -1.96. The molecule has 0 spiro atoms. The van der Waals surface area contributed by atoms with E-state index in [9.17, 15) is 4.79 Å². The smallest absolute Gasteiger partial charge is 0.252 e. The summed E-state index contributed by atoms with van der Waals surface area (Å²) in [6.45, 7) is 4.20. The molecule has 1 aromatic rings. The fourth-order valence-corrected chi connectivity index (χ4v) is 1.14. The molecule has 76 valence electrons. The van der Waals surface area contributed by atoms with E-state index in [2.05, 4.69) is 0 Å². The van der Waals surface area contributed by atoms with Gasteiger partial charge in [0.25, 0.3) is 5.24 Å². The summed E-state index contributed by atoms with van der Waals surface area (Å²) in [4.78, 5) is 10.7. The minimum absolute atomic E-state index is 0.204. The molecule has 0 atom stereocenters. The van der Waals surface area contributed by atoms with E-state index in [1.807, 2.05) is 13.8 Å². The fourth-order valence-electron chi connectivity index (χ4n) is 1.02. The first-order valence-corrected chi connectivity index (χ1v) is 4.74. The quantitative estimate of drug-likeness (QED) is 0.675. The van der Waals surface area contributed by atoms with Gasteiger partial charge in [-0.2, -0.15) is 0 Å². The first-order valence-electron chi connectivity index (χ1n) is 4.37. The Labute approximate surface area is 87.6 Å². The Morgan fingerprint density at radius 3 is 2.57 bits per heavy atom. The molecule has 0 saturated carbocycles. The van der Waals surface area contributed by atoms with Gasteiger partial charge in [0, 0.05) is 5.56 Å². The van der Waals surface area contributed by atoms with Crippen LogP contribution in [0.4, 0.5) is 0 Å². The Bertz CT molecular complexity index is 336. The molecule has 0 aliphatic carbocycles. The lowest BCUT2D eigenvalue weighted by atomic mass is 10.2. The standard InChI is InChI=1S/C8H5ClO3.C2H6/c9-8(10)5-1-2-6-7(3-5)12-4-11-6;1-2/h1-3H,4H2;1-2H3. The van der Waals surface area contributed by atoms with Crippen molar-refractivity contribution in [2.24, 2.45) is 0 Å². The van der Waals surface area contributed by atoms with Crippen molar-refractivity contribution in [2.75, 3.05) is 6.79 Å². The van der Waals surface area contributed by atoms with Crippen LogP contribution in [0.3, 0.4) is 0 Å². The molecule has 0 amide bonds. The van der Waals surface area contributed by atoms with Crippen LogP contribution in [0.25, 0.3) is 0 Å². The van der Waals surface area contributed by atoms with Crippen molar-refractivity contribution >= 4 is 16.8 Å². The molecule has 1 aliphatic heterocycles. The Morgan fingerprint density at radius 1 is 1.29 bits per heavy atom. The normalized spacial score (nSPS) is 11.6. The molecule has 0 fully saturated rings. The molecule has 1 heterocycles. The molecule has 0 unspecified atom stereocenters. The second kappa shape index (κ2) is 4.86. The molecule has 0 bridgehead atoms. The monoisotopic (exact) mass is 214 g/mol. The molecule has 2 rings (SSSR count). The van der Waals surface area contributed by atoms with Crippen LogP contribution in [0, 0.1) is 0 Å². The van der Waals surface area contributed by atoms with Crippen LogP contribution >= 0.6 is 11.6 Å². The van der Waals surface area contributed by atoms with Crippen LogP contribution in [0.1, 0.15) is 24.2 Å². The van der Waals surface area contributed by atoms with Gasteiger partial charge in [-0.3, -0.25) is 4.79 Å². The molecule has 0 N–H and O–H groups in total. The van der Waals surface area contributed by atoms with Crippen LogP contribution < -0.4 is 9.47 Å². The number of hydrogen-bond acceptors (Lipinski definition) is 3. The van der Waals surface area contributed by atoms with Crippen molar-refractivity contribution in [3.63, 3.8) is 0 Å². The molecular weight excluding hydrogens is 204 g/mol. The molecule has 1 aromatic carbocycles. The number of carbonyl (C=O) groups excluding carboxylic acids is 1. The minimum Gasteiger partial charge on any atom is -0.454 e. The third kappa shape index (κ3) is 2.17. The lowest BCUT2D eigenvalue weighted by molar-refractivity contribution is 0.108. The van der Waals surface area contributed by atoms with E-state index in [-0.39, 0.29) is 6.79 Å². The molecular formula is C10H11ClO3. The summed E-state index contributed by atoms with van der Waals surface area (Å²) in [6.07, 6.45) is 0. The van der Waals surface area contributed by atoms with Gasteiger partial charge in [0.15, 0.2) is 11.5 Å². The number of halogens is 1. The number of carbonyl (C=O) groups is 1. The van der Waals surface area contributed by atoms with E-state index in [1.165, 1.54) is 0 Å². The summed E-state index contributed by atoms with van der Waals surface area (Å²) in [5, 5.41) is -0.492. The van der Waals surface area contributed by atoms with E-state index >= 15 is 0 Å². The van der Waals surface area contributed by atoms with Crippen molar-refractivity contribution < 1.29 is 14.3 Å². The van der Waals surface area contributed by atoms with Crippen molar-refractivity contribution in [3.05, 3.63) is 23.8 Å². The Morgan fingerprint density at radius 2 is 1.93 bits per heavy atom. The first-order chi connectivity index (χ1) is 6.77. The van der Waals surface area contributed by atoms with Gasteiger partial charge in [-0.05, 0) is 29.8 Å². The summed E-state index contributed by atoms with van der Waals surface area (Å²) in [5.74, 6) is 1.22. The van der Waals surface area contributed by atoms with Gasteiger partial charge >= 0.3 is 0 Å². The van der Waals surface area contributed by atoms with E-state index in [4.69, 9.17) is 21.1 Å². The molecule has 0 saturated heterocycles. The highest BCUT2D eigenvalue weighted by Crippen LogP contribution is 2.32. The zero-order chi connectivity index (χ0) is 10.6. The van der Waals surface area contributed by atoms with Crippen LogP contribution in [-0.4, -0.2) is 12.0 Å². The zero-order valence-electron chi connectivity index (χ0n) is 8.04. The number of fused-ring (bicyclic) bond motifs is 1.